The minimum atomic E-state index is -0.490. The number of nitrogens with zero attached hydrogens (tertiary/aromatic N) is 1. The second kappa shape index (κ2) is 8.15. The van der Waals surface area contributed by atoms with Gasteiger partial charge in [-0.1, -0.05) is 12.1 Å². The number of aliphatic hydroxyl groups is 1. The Balaban J connectivity index is 1.91. The van der Waals surface area contributed by atoms with E-state index in [1.165, 1.54) is 0 Å². The molecule has 0 spiro atoms. The van der Waals surface area contributed by atoms with Crippen LogP contribution in [0.2, 0.25) is 0 Å². The van der Waals surface area contributed by atoms with E-state index in [0.717, 1.165) is 37.2 Å². The highest BCUT2D eigenvalue weighted by Gasteiger charge is 2.26. The molecule has 1 aliphatic rings. The molecule has 2 atom stereocenters. The zero-order valence-corrected chi connectivity index (χ0v) is 13.4. The molecule has 5 heteroatoms. The predicted octanol–water partition coefficient (Wildman–Crippen LogP) is 1.72. The Morgan fingerprint density at radius 1 is 1.55 bits per heavy atom. The van der Waals surface area contributed by atoms with Gasteiger partial charge in [0.1, 0.15) is 12.4 Å². The minimum Gasteiger partial charge on any atom is -0.491 e. The summed E-state index contributed by atoms with van der Waals surface area (Å²) in [7, 11) is 1.87. The second-order valence-corrected chi connectivity index (χ2v) is 5.80. The van der Waals surface area contributed by atoms with Gasteiger partial charge < -0.3 is 20.1 Å². The summed E-state index contributed by atoms with van der Waals surface area (Å²) >= 11 is 0. The van der Waals surface area contributed by atoms with Crippen molar-refractivity contribution in [3.05, 3.63) is 29.8 Å². The number of amides is 1. The van der Waals surface area contributed by atoms with Crippen LogP contribution >= 0.6 is 0 Å². The number of carbonyl (C=O) groups excluding carboxylic acids is 1. The molecular weight excluding hydrogens is 280 g/mol. The highest BCUT2D eigenvalue weighted by atomic mass is 16.5. The summed E-state index contributed by atoms with van der Waals surface area (Å²) in [6.07, 6.45) is 2.21. The van der Waals surface area contributed by atoms with Gasteiger partial charge in [0.15, 0.2) is 0 Å². The molecule has 1 fully saturated rings. The van der Waals surface area contributed by atoms with Crippen LogP contribution in [0.15, 0.2) is 24.3 Å². The molecule has 5 nitrogen and oxygen atoms in total. The fourth-order valence-electron chi connectivity index (χ4n) is 2.88. The van der Waals surface area contributed by atoms with Crippen molar-refractivity contribution >= 4 is 5.91 Å². The molecule has 2 rings (SSSR count). The highest BCUT2D eigenvalue weighted by Crippen LogP contribution is 2.23. The number of likely N-dealkylation sites (tertiary alicyclic amines) is 1. The molecule has 1 amide bonds. The monoisotopic (exact) mass is 306 g/mol. The van der Waals surface area contributed by atoms with E-state index in [4.69, 9.17) is 4.74 Å². The van der Waals surface area contributed by atoms with Gasteiger partial charge in [0.05, 0.1) is 12.1 Å². The molecule has 0 saturated carbocycles. The van der Waals surface area contributed by atoms with E-state index < -0.39 is 6.10 Å². The first-order valence-electron chi connectivity index (χ1n) is 7.94. The Bertz CT molecular complexity index is 493. The van der Waals surface area contributed by atoms with Gasteiger partial charge in [-0.3, -0.25) is 4.79 Å². The van der Waals surface area contributed by atoms with Crippen LogP contribution in [0, 0.1) is 0 Å². The third-order valence-corrected chi connectivity index (χ3v) is 4.13. The Kier molecular flexibility index (Phi) is 6.21. The lowest BCUT2D eigenvalue weighted by atomic mass is 10.1. The summed E-state index contributed by atoms with van der Waals surface area (Å²) < 4.78 is 5.85. The summed E-state index contributed by atoms with van der Waals surface area (Å²) in [5.74, 6) is 0.860. The zero-order chi connectivity index (χ0) is 15.9. The lowest BCUT2D eigenvalue weighted by Gasteiger charge is -2.23. The molecule has 2 N–H and O–H groups in total. The molecule has 0 unspecified atom stereocenters. The van der Waals surface area contributed by atoms with Gasteiger partial charge >= 0.3 is 0 Å². The van der Waals surface area contributed by atoms with Crippen LogP contribution in [0.25, 0.3) is 0 Å². The van der Waals surface area contributed by atoms with E-state index in [1.807, 2.05) is 36.2 Å². The lowest BCUT2D eigenvalue weighted by molar-refractivity contribution is -0.130. The molecular formula is C17H26N2O3. The van der Waals surface area contributed by atoms with Gasteiger partial charge in [-0.15, -0.1) is 0 Å². The number of hydrogen-bond acceptors (Lipinski definition) is 4. The van der Waals surface area contributed by atoms with Crippen molar-refractivity contribution in [1.82, 2.24) is 10.2 Å². The second-order valence-electron chi connectivity index (χ2n) is 5.80. The van der Waals surface area contributed by atoms with Crippen molar-refractivity contribution in [3.63, 3.8) is 0 Å². The smallest absolute Gasteiger partial charge is 0.219 e. The fourth-order valence-corrected chi connectivity index (χ4v) is 2.88. The van der Waals surface area contributed by atoms with Crippen molar-refractivity contribution in [1.29, 1.82) is 0 Å². The van der Waals surface area contributed by atoms with E-state index in [1.54, 1.807) is 6.92 Å². The first kappa shape index (κ1) is 16.8. The molecule has 1 aromatic carbocycles. The Hall–Kier alpha value is -1.59. The van der Waals surface area contributed by atoms with E-state index in [0.29, 0.717) is 13.0 Å². The fraction of sp³-hybridized carbons (Fsp3) is 0.588. The van der Waals surface area contributed by atoms with Gasteiger partial charge in [0.25, 0.3) is 0 Å². The molecule has 22 heavy (non-hydrogen) atoms. The van der Waals surface area contributed by atoms with Gasteiger partial charge in [-0.2, -0.15) is 0 Å². The molecule has 1 saturated heterocycles. The summed E-state index contributed by atoms with van der Waals surface area (Å²) in [6, 6.07) is 7.74. The summed E-state index contributed by atoms with van der Waals surface area (Å²) in [4.78, 5) is 13.4. The van der Waals surface area contributed by atoms with Crippen LogP contribution in [0.5, 0.6) is 5.75 Å². The number of carbonyl (C=O) groups is 1. The number of hydrogen-bond donors (Lipinski definition) is 2. The Morgan fingerprint density at radius 2 is 2.36 bits per heavy atom. The highest BCUT2D eigenvalue weighted by molar-refractivity contribution is 5.73. The zero-order valence-electron chi connectivity index (χ0n) is 13.4. The van der Waals surface area contributed by atoms with Gasteiger partial charge in [0.2, 0.25) is 5.91 Å². The standard InChI is InChI=1S/C17H26N2O3/c1-13(20)19-10-4-6-15(19)12-22-16-7-3-5-14(11-16)17(21)8-9-18-2/h3,5,7,11,15,17-18,21H,4,6,8-10,12H2,1-2H3/t15-,17+/m0/s1. The van der Waals surface area contributed by atoms with Crippen molar-refractivity contribution in [3.8, 4) is 5.75 Å². The predicted molar refractivity (Wildman–Crippen MR) is 85.8 cm³/mol. The maximum absolute atomic E-state index is 11.5. The van der Waals surface area contributed by atoms with E-state index in [2.05, 4.69) is 5.32 Å². The van der Waals surface area contributed by atoms with Crippen LogP contribution in [-0.4, -0.2) is 48.7 Å². The number of nitrogens with one attached hydrogen (secondary N) is 1. The topological polar surface area (TPSA) is 61.8 Å². The van der Waals surface area contributed by atoms with Crippen molar-refractivity contribution in [2.75, 3.05) is 26.7 Å². The van der Waals surface area contributed by atoms with Crippen LogP contribution in [0.1, 0.15) is 37.9 Å². The lowest BCUT2D eigenvalue weighted by Crippen LogP contribution is -2.37. The molecule has 122 valence electrons. The summed E-state index contributed by atoms with van der Waals surface area (Å²) in [6.45, 7) is 3.71. The first-order chi connectivity index (χ1) is 10.6. The molecule has 0 bridgehead atoms. The minimum absolute atomic E-state index is 0.113. The molecule has 1 aromatic rings. The first-order valence-corrected chi connectivity index (χ1v) is 7.94. The maximum atomic E-state index is 11.5. The molecule has 0 radical (unpaired) electrons. The third-order valence-electron chi connectivity index (χ3n) is 4.13. The number of aliphatic hydroxyl groups excluding tert-OH is 1. The molecule has 0 aromatic heterocycles. The Morgan fingerprint density at radius 3 is 3.09 bits per heavy atom. The number of ether oxygens (including phenoxy) is 1. The maximum Gasteiger partial charge on any atom is 0.219 e. The number of benzene rings is 1. The molecule has 1 aliphatic heterocycles. The summed E-state index contributed by atoms with van der Waals surface area (Å²) in [5, 5.41) is 13.2. The van der Waals surface area contributed by atoms with E-state index in [-0.39, 0.29) is 11.9 Å². The van der Waals surface area contributed by atoms with Crippen LogP contribution in [0.4, 0.5) is 0 Å². The Labute approximate surface area is 132 Å². The SMILES string of the molecule is CNCC[C@@H](O)c1cccc(OC[C@@H]2CCCN2C(C)=O)c1. The van der Waals surface area contributed by atoms with Gasteiger partial charge in [-0.05, 0) is 50.6 Å². The van der Waals surface area contributed by atoms with Gasteiger partial charge in [0, 0.05) is 13.5 Å². The van der Waals surface area contributed by atoms with Crippen LogP contribution < -0.4 is 10.1 Å². The van der Waals surface area contributed by atoms with E-state index >= 15 is 0 Å². The van der Waals surface area contributed by atoms with Crippen LogP contribution in [-0.2, 0) is 4.79 Å². The summed E-state index contributed by atoms with van der Waals surface area (Å²) in [5.41, 5.74) is 0.864. The van der Waals surface area contributed by atoms with Crippen LogP contribution in [0.3, 0.4) is 0 Å². The van der Waals surface area contributed by atoms with E-state index in [9.17, 15) is 9.90 Å². The average molecular weight is 306 g/mol. The average Bonchev–Trinajstić information content (AvgIpc) is 2.99. The normalized spacial score (nSPS) is 19.2. The third kappa shape index (κ3) is 4.45. The quantitative estimate of drug-likeness (QED) is 0.805. The molecule has 1 heterocycles. The van der Waals surface area contributed by atoms with Crippen molar-refractivity contribution < 1.29 is 14.6 Å². The van der Waals surface area contributed by atoms with Crippen molar-refractivity contribution in [2.45, 2.75) is 38.3 Å². The largest absolute Gasteiger partial charge is 0.491 e. The van der Waals surface area contributed by atoms with Crippen molar-refractivity contribution in [2.24, 2.45) is 0 Å². The molecule has 0 aliphatic carbocycles. The van der Waals surface area contributed by atoms with Gasteiger partial charge in [-0.25, -0.2) is 0 Å². The number of rotatable bonds is 7.